The number of carbonyl (C=O) groups is 1. The third kappa shape index (κ3) is 6.79. The second-order valence-electron chi connectivity index (χ2n) is 13.4. The summed E-state index contributed by atoms with van der Waals surface area (Å²) in [6.07, 6.45) is 10.3. The maximum Gasteiger partial charge on any atom is 0.155 e. The second kappa shape index (κ2) is 15.2. The molecule has 1 radical (unpaired) electrons. The van der Waals surface area contributed by atoms with Crippen LogP contribution in [0.25, 0.3) is 65.2 Å². The molecule has 2 heterocycles. The van der Waals surface area contributed by atoms with Gasteiger partial charge >= 0.3 is 0 Å². The monoisotopic (exact) mass is 859 g/mol. The predicted molar refractivity (Wildman–Crippen MR) is 207 cm³/mol. The molecule has 0 bridgehead atoms. The van der Waals surface area contributed by atoms with E-state index in [1.54, 1.807) is 0 Å². The van der Waals surface area contributed by atoms with E-state index in [-0.39, 0.29) is 31.6 Å². The Bertz CT molecular complexity index is 2330. The Morgan fingerprint density at radius 2 is 0.885 bits per heavy atom. The van der Waals surface area contributed by atoms with Gasteiger partial charge in [-0.15, -0.1) is 59.3 Å². The molecule has 0 aliphatic heterocycles. The molecule has 2 aromatic heterocycles. The Hall–Kier alpha value is -5.10. The SMILES string of the molecule is CC(=O)C=C(C)O.[Ir].[c-]1cccc2c1c1nc3c(nc1c1ccccc21)CCCC3.[c-]1cccc2c1c1nc3c(nc1c1ccccc21)CCCC3. The van der Waals surface area contributed by atoms with Crippen molar-refractivity contribution in [3.63, 3.8) is 0 Å². The molecule has 10 rings (SSSR count). The molecule has 261 valence electrons. The van der Waals surface area contributed by atoms with Gasteiger partial charge in [0.15, 0.2) is 5.78 Å². The van der Waals surface area contributed by atoms with Crippen LogP contribution in [0, 0.1) is 12.1 Å². The zero-order valence-corrected chi connectivity index (χ0v) is 31.7. The van der Waals surface area contributed by atoms with Gasteiger partial charge < -0.3 is 5.11 Å². The fourth-order valence-electron chi connectivity index (χ4n) is 7.56. The molecule has 0 saturated carbocycles. The molecule has 0 amide bonds. The van der Waals surface area contributed by atoms with Crippen LogP contribution in [0.5, 0.6) is 0 Å². The molecule has 0 saturated heterocycles. The van der Waals surface area contributed by atoms with Gasteiger partial charge in [0.05, 0.1) is 39.6 Å². The average Bonchev–Trinajstić information content (AvgIpc) is 3.17. The summed E-state index contributed by atoms with van der Waals surface area (Å²) in [5, 5.41) is 17.9. The molecule has 2 aliphatic rings. The number of fused-ring (bicyclic) bond motifs is 14. The minimum atomic E-state index is -0.125. The van der Waals surface area contributed by atoms with Crippen molar-refractivity contribution < 1.29 is 30.0 Å². The van der Waals surface area contributed by atoms with Crippen LogP contribution < -0.4 is 0 Å². The Labute approximate surface area is 316 Å². The predicted octanol–water partition coefficient (Wildman–Crippen LogP) is 10.3. The van der Waals surface area contributed by atoms with Crippen LogP contribution in [0.4, 0.5) is 0 Å². The quantitative estimate of drug-likeness (QED) is 0.0766. The standard InChI is InChI=1S/2C20H15N2.C5H8O2.Ir/c2*1-3-9-15-13(7-1)14-8-2-4-10-16(14)20-19(15)21-17-11-5-6-12-18(17)22-20;1-4(6)3-5(2)7;/h2*1-4,7-9H,5-6,11-12H2;3,6H,1-2H3;/q2*-1;;. The zero-order valence-electron chi connectivity index (χ0n) is 29.3. The fraction of sp³-hybridized carbons (Fsp3) is 0.222. The van der Waals surface area contributed by atoms with E-state index in [9.17, 15) is 4.79 Å². The van der Waals surface area contributed by atoms with Gasteiger partial charge in [-0.05, 0) is 76.0 Å². The van der Waals surface area contributed by atoms with Gasteiger partial charge in [0.25, 0.3) is 0 Å². The van der Waals surface area contributed by atoms with Gasteiger partial charge in [-0.1, -0.05) is 70.1 Å². The van der Waals surface area contributed by atoms with Crippen molar-refractivity contribution in [3.05, 3.63) is 132 Å². The summed E-state index contributed by atoms with van der Waals surface area (Å²) in [4.78, 5) is 30.0. The minimum absolute atomic E-state index is 0. The smallest absolute Gasteiger partial charge is 0.155 e. The van der Waals surface area contributed by atoms with E-state index in [0.717, 1.165) is 58.5 Å². The van der Waals surface area contributed by atoms with Crippen molar-refractivity contribution in [1.82, 2.24) is 19.9 Å². The van der Waals surface area contributed by atoms with Crippen molar-refractivity contribution in [2.24, 2.45) is 0 Å². The summed E-state index contributed by atoms with van der Waals surface area (Å²) in [6.45, 7) is 2.85. The number of aliphatic hydroxyl groups excluding tert-OH is 1. The molecule has 1 N–H and O–H groups in total. The van der Waals surface area contributed by atoms with Crippen molar-refractivity contribution in [2.45, 2.75) is 65.2 Å². The number of rotatable bonds is 1. The van der Waals surface area contributed by atoms with Crippen molar-refractivity contribution in [2.75, 3.05) is 0 Å². The van der Waals surface area contributed by atoms with Gasteiger partial charge in [-0.3, -0.25) is 24.7 Å². The Kier molecular flexibility index (Phi) is 10.4. The molecule has 0 atom stereocenters. The summed E-state index contributed by atoms with van der Waals surface area (Å²) >= 11 is 0. The topological polar surface area (TPSA) is 88.9 Å². The summed E-state index contributed by atoms with van der Waals surface area (Å²) in [6, 6.07) is 36.2. The summed E-state index contributed by atoms with van der Waals surface area (Å²) in [5.41, 5.74) is 8.85. The van der Waals surface area contributed by atoms with E-state index >= 15 is 0 Å². The van der Waals surface area contributed by atoms with E-state index in [2.05, 4.69) is 72.8 Å². The normalized spacial score (nSPS) is 13.8. The van der Waals surface area contributed by atoms with E-state index in [1.165, 1.54) is 101 Å². The summed E-state index contributed by atoms with van der Waals surface area (Å²) < 4.78 is 0. The van der Waals surface area contributed by atoms with E-state index < -0.39 is 0 Å². The molecule has 6 nitrogen and oxygen atoms in total. The van der Waals surface area contributed by atoms with Gasteiger partial charge in [0.2, 0.25) is 0 Å². The van der Waals surface area contributed by atoms with Crippen LogP contribution in [0.3, 0.4) is 0 Å². The first-order chi connectivity index (χ1) is 25.0. The Morgan fingerprint density at radius 1 is 0.538 bits per heavy atom. The van der Waals surface area contributed by atoms with Gasteiger partial charge in [-0.25, -0.2) is 0 Å². The Balaban J connectivity index is 0.000000135. The number of ketones is 1. The summed E-state index contributed by atoms with van der Waals surface area (Å²) in [5.74, 6) is -0.0625. The number of benzene rings is 6. The molecule has 2 aliphatic carbocycles. The fourth-order valence-corrected chi connectivity index (χ4v) is 7.56. The second-order valence-corrected chi connectivity index (χ2v) is 13.4. The first-order valence-corrected chi connectivity index (χ1v) is 17.9. The third-order valence-corrected chi connectivity index (χ3v) is 9.80. The molecule has 8 aromatic rings. The van der Waals surface area contributed by atoms with Crippen LogP contribution in [0.15, 0.2) is 96.8 Å². The van der Waals surface area contributed by atoms with E-state index in [1.807, 2.05) is 24.3 Å². The van der Waals surface area contributed by atoms with Gasteiger partial charge in [0.1, 0.15) is 0 Å². The molecule has 52 heavy (non-hydrogen) atoms. The molecule has 0 unspecified atom stereocenters. The summed E-state index contributed by atoms with van der Waals surface area (Å²) in [7, 11) is 0. The maximum absolute atomic E-state index is 10.0. The largest absolute Gasteiger partial charge is 0.512 e. The maximum atomic E-state index is 10.0. The van der Waals surface area contributed by atoms with E-state index in [4.69, 9.17) is 25.0 Å². The number of hydrogen-bond donors (Lipinski definition) is 1. The van der Waals surface area contributed by atoms with Crippen LogP contribution in [0.1, 0.15) is 62.3 Å². The van der Waals surface area contributed by atoms with E-state index in [0.29, 0.717) is 0 Å². The molecular weight excluding hydrogens is 821 g/mol. The molecule has 0 spiro atoms. The zero-order chi connectivity index (χ0) is 34.9. The number of carbonyl (C=O) groups excluding carboxylic acids is 1. The van der Waals surface area contributed by atoms with Crippen molar-refractivity contribution in [1.29, 1.82) is 0 Å². The first-order valence-electron chi connectivity index (χ1n) is 17.9. The number of allylic oxidation sites excluding steroid dienone is 2. The molecule has 6 aromatic carbocycles. The number of aromatic nitrogens is 4. The van der Waals surface area contributed by atoms with Crippen LogP contribution in [-0.2, 0) is 50.6 Å². The molecular formula is C45H38IrN4O2-2. The van der Waals surface area contributed by atoms with Crippen LogP contribution in [0.2, 0.25) is 0 Å². The van der Waals surface area contributed by atoms with Gasteiger partial charge in [-0.2, -0.15) is 0 Å². The average molecular weight is 859 g/mol. The molecule has 7 heteroatoms. The van der Waals surface area contributed by atoms with Crippen LogP contribution >= 0.6 is 0 Å². The number of aliphatic hydroxyl groups is 1. The van der Waals surface area contributed by atoms with Crippen LogP contribution in [-0.4, -0.2) is 30.8 Å². The van der Waals surface area contributed by atoms with Gasteiger partial charge in [0, 0.05) is 37.2 Å². The first kappa shape index (κ1) is 35.3. The number of hydrogen-bond acceptors (Lipinski definition) is 6. The van der Waals surface area contributed by atoms with Crippen molar-refractivity contribution in [3.8, 4) is 0 Å². The van der Waals surface area contributed by atoms with Crippen molar-refractivity contribution >= 4 is 70.9 Å². The number of aryl methyl sites for hydroxylation is 4. The Morgan fingerprint density at radius 3 is 1.23 bits per heavy atom. The molecule has 0 fully saturated rings. The third-order valence-electron chi connectivity index (χ3n) is 9.80. The minimum Gasteiger partial charge on any atom is -0.512 e. The number of nitrogens with zero attached hydrogens (tertiary/aromatic N) is 4.